The Kier molecular flexibility index (Phi) is 4.84. The number of nitrogens with one attached hydrogen (secondary N) is 1. The van der Waals surface area contributed by atoms with Crippen LogP contribution >= 0.6 is 0 Å². The van der Waals surface area contributed by atoms with Crippen molar-refractivity contribution in [2.75, 3.05) is 26.5 Å². The fourth-order valence-electron chi connectivity index (χ4n) is 2.54. The third-order valence-electron chi connectivity index (χ3n) is 3.90. The van der Waals surface area contributed by atoms with E-state index < -0.39 is 0 Å². The number of nitrogens with zero attached hydrogens (tertiary/aromatic N) is 2. The van der Waals surface area contributed by atoms with E-state index in [-0.39, 0.29) is 11.8 Å². The number of rotatable bonds is 4. The average Bonchev–Trinajstić information content (AvgIpc) is 2.66. The molecule has 0 spiro atoms. The largest absolute Gasteiger partial charge is 0.497 e. The van der Waals surface area contributed by atoms with Gasteiger partial charge in [0.05, 0.1) is 12.6 Å². The summed E-state index contributed by atoms with van der Waals surface area (Å²) in [5.74, 6) is 0.273. The second kappa shape index (κ2) is 7.23. The standard InChI is InChI=1S/C20H19N3O3/c1-23(2)20(25)14-5-4-6-15(11-14)21-19(24)18-9-7-13-12-16(26-3)8-10-17(13)22-18/h4-12H,1-3H3,(H,21,24). The fourth-order valence-corrected chi connectivity index (χ4v) is 2.54. The summed E-state index contributed by atoms with van der Waals surface area (Å²) in [7, 11) is 4.97. The van der Waals surface area contributed by atoms with Crippen LogP contribution in [-0.2, 0) is 0 Å². The second-order valence-electron chi connectivity index (χ2n) is 5.99. The number of pyridine rings is 1. The van der Waals surface area contributed by atoms with Crippen molar-refractivity contribution in [3.63, 3.8) is 0 Å². The number of fused-ring (bicyclic) bond motifs is 1. The Morgan fingerprint density at radius 3 is 2.58 bits per heavy atom. The Bertz CT molecular complexity index is 983. The number of hydrogen-bond donors (Lipinski definition) is 1. The summed E-state index contributed by atoms with van der Waals surface area (Å²) >= 11 is 0. The molecule has 3 aromatic rings. The van der Waals surface area contributed by atoms with Crippen LogP contribution in [-0.4, -0.2) is 42.9 Å². The molecule has 3 rings (SSSR count). The van der Waals surface area contributed by atoms with Gasteiger partial charge in [-0.3, -0.25) is 9.59 Å². The van der Waals surface area contributed by atoms with Gasteiger partial charge in [0.2, 0.25) is 0 Å². The molecule has 0 bridgehead atoms. The zero-order valence-corrected chi connectivity index (χ0v) is 14.8. The van der Waals surface area contributed by atoms with Crippen LogP contribution in [0.1, 0.15) is 20.8 Å². The average molecular weight is 349 g/mol. The van der Waals surface area contributed by atoms with E-state index in [2.05, 4.69) is 10.3 Å². The van der Waals surface area contributed by atoms with Gasteiger partial charge in [-0.2, -0.15) is 0 Å². The molecule has 6 heteroatoms. The molecule has 1 aromatic heterocycles. The molecule has 0 unspecified atom stereocenters. The smallest absolute Gasteiger partial charge is 0.274 e. The number of anilines is 1. The zero-order chi connectivity index (χ0) is 18.7. The molecule has 1 N–H and O–H groups in total. The Morgan fingerprint density at radius 1 is 1.04 bits per heavy atom. The Labute approximate surface area is 151 Å². The third kappa shape index (κ3) is 3.64. The van der Waals surface area contributed by atoms with Crippen molar-refractivity contribution in [1.29, 1.82) is 0 Å². The summed E-state index contributed by atoms with van der Waals surface area (Å²) < 4.78 is 5.19. The SMILES string of the molecule is COc1ccc2nc(C(=O)Nc3cccc(C(=O)N(C)C)c3)ccc2c1. The van der Waals surface area contributed by atoms with Gasteiger partial charge in [0.1, 0.15) is 11.4 Å². The molecule has 1 heterocycles. The van der Waals surface area contributed by atoms with Crippen molar-refractivity contribution < 1.29 is 14.3 Å². The lowest BCUT2D eigenvalue weighted by molar-refractivity contribution is 0.0827. The molecule has 0 saturated heterocycles. The predicted octanol–water partition coefficient (Wildman–Crippen LogP) is 3.20. The van der Waals surface area contributed by atoms with Gasteiger partial charge in [0.25, 0.3) is 11.8 Å². The first kappa shape index (κ1) is 17.4. The number of methoxy groups -OCH3 is 1. The van der Waals surface area contributed by atoms with E-state index in [1.807, 2.05) is 12.1 Å². The van der Waals surface area contributed by atoms with Crippen molar-refractivity contribution in [2.45, 2.75) is 0 Å². The van der Waals surface area contributed by atoms with Crippen molar-refractivity contribution in [1.82, 2.24) is 9.88 Å². The van der Waals surface area contributed by atoms with Crippen LogP contribution in [0.25, 0.3) is 10.9 Å². The molecule has 132 valence electrons. The lowest BCUT2D eigenvalue weighted by Crippen LogP contribution is -2.22. The molecular weight excluding hydrogens is 330 g/mol. The first-order chi connectivity index (χ1) is 12.5. The first-order valence-electron chi connectivity index (χ1n) is 8.06. The minimum atomic E-state index is -0.336. The number of hydrogen-bond acceptors (Lipinski definition) is 4. The van der Waals surface area contributed by atoms with Crippen LogP contribution in [0.4, 0.5) is 5.69 Å². The third-order valence-corrected chi connectivity index (χ3v) is 3.90. The summed E-state index contributed by atoms with van der Waals surface area (Å²) in [6, 6.07) is 15.8. The maximum Gasteiger partial charge on any atom is 0.274 e. The highest BCUT2D eigenvalue weighted by atomic mass is 16.5. The molecule has 0 atom stereocenters. The molecule has 0 aliphatic rings. The molecule has 2 aromatic carbocycles. The number of aromatic nitrogens is 1. The Morgan fingerprint density at radius 2 is 1.85 bits per heavy atom. The van der Waals surface area contributed by atoms with Crippen molar-refractivity contribution in [3.8, 4) is 5.75 Å². The summed E-state index contributed by atoms with van der Waals surface area (Å²) in [5.41, 5.74) is 2.05. The normalized spacial score (nSPS) is 10.4. The molecule has 0 aliphatic carbocycles. The zero-order valence-electron chi connectivity index (χ0n) is 14.8. The Balaban J connectivity index is 1.83. The van der Waals surface area contributed by atoms with Gasteiger partial charge in [-0.1, -0.05) is 12.1 Å². The number of amides is 2. The van der Waals surface area contributed by atoms with Crippen molar-refractivity contribution in [2.24, 2.45) is 0 Å². The topological polar surface area (TPSA) is 71.5 Å². The van der Waals surface area contributed by atoms with Crippen LogP contribution in [0.15, 0.2) is 54.6 Å². The molecule has 2 amide bonds. The van der Waals surface area contributed by atoms with Gasteiger partial charge in [0, 0.05) is 30.7 Å². The highest BCUT2D eigenvalue weighted by Gasteiger charge is 2.12. The van der Waals surface area contributed by atoms with E-state index in [9.17, 15) is 9.59 Å². The minimum absolute atomic E-state index is 0.126. The van der Waals surface area contributed by atoms with Crippen LogP contribution in [0.2, 0.25) is 0 Å². The van der Waals surface area contributed by atoms with Gasteiger partial charge in [0.15, 0.2) is 0 Å². The van der Waals surface area contributed by atoms with Crippen LogP contribution in [0.5, 0.6) is 5.75 Å². The maximum atomic E-state index is 12.5. The van der Waals surface area contributed by atoms with Crippen molar-refractivity contribution in [3.05, 3.63) is 65.9 Å². The van der Waals surface area contributed by atoms with E-state index >= 15 is 0 Å². The van der Waals surface area contributed by atoms with Crippen LogP contribution in [0, 0.1) is 0 Å². The summed E-state index contributed by atoms with van der Waals surface area (Å²) in [6.45, 7) is 0. The first-order valence-corrected chi connectivity index (χ1v) is 8.06. The number of carbonyl (C=O) groups is 2. The van der Waals surface area contributed by atoms with Gasteiger partial charge in [-0.15, -0.1) is 0 Å². The molecule has 0 saturated carbocycles. The van der Waals surface area contributed by atoms with Gasteiger partial charge in [-0.05, 0) is 42.5 Å². The van der Waals surface area contributed by atoms with Crippen LogP contribution in [0.3, 0.4) is 0 Å². The van der Waals surface area contributed by atoms with Gasteiger partial charge in [-0.25, -0.2) is 4.98 Å². The minimum Gasteiger partial charge on any atom is -0.497 e. The monoisotopic (exact) mass is 349 g/mol. The number of benzene rings is 2. The lowest BCUT2D eigenvalue weighted by Gasteiger charge is -2.11. The van der Waals surface area contributed by atoms with E-state index in [1.54, 1.807) is 63.7 Å². The van der Waals surface area contributed by atoms with E-state index in [1.165, 1.54) is 4.90 Å². The van der Waals surface area contributed by atoms with Crippen molar-refractivity contribution >= 4 is 28.4 Å². The number of ether oxygens (including phenoxy) is 1. The summed E-state index contributed by atoms with van der Waals surface area (Å²) in [6.07, 6.45) is 0. The number of carbonyl (C=O) groups excluding carboxylic acids is 2. The second-order valence-corrected chi connectivity index (χ2v) is 5.99. The fraction of sp³-hybridized carbons (Fsp3) is 0.150. The molecule has 6 nitrogen and oxygen atoms in total. The molecular formula is C20H19N3O3. The van der Waals surface area contributed by atoms with Gasteiger partial charge >= 0.3 is 0 Å². The highest BCUT2D eigenvalue weighted by molar-refractivity contribution is 6.05. The van der Waals surface area contributed by atoms with E-state index in [0.717, 1.165) is 11.1 Å². The maximum absolute atomic E-state index is 12.5. The Hall–Kier alpha value is -3.41. The molecule has 0 radical (unpaired) electrons. The molecule has 0 fully saturated rings. The van der Waals surface area contributed by atoms with E-state index in [4.69, 9.17) is 4.74 Å². The molecule has 26 heavy (non-hydrogen) atoms. The quantitative estimate of drug-likeness (QED) is 0.785. The van der Waals surface area contributed by atoms with Gasteiger partial charge < -0.3 is 15.0 Å². The van der Waals surface area contributed by atoms with E-state index in [0.29, 0.717) is 22.5 Å². The lowest BCUT2D eigenvalue weighted by atomic mass is 10.1. The summed E-state index contributed by atoms with van der Waals surface area (Å²) in [4.78, 5) is 30.4. The molecule has 0 aliphatic heterocycles. The summed E-state index contributed by atoms with van der Waals surface area (Å²) in [5, 5.41) is 3.67. The predicted molar refractivity (Wildman–Crippen MR) is 101 cm³/mol. The highest BCUT2D eigenvalue weighted by Crippen LogP contribution is 2.20. The van der Waals surface area contributed by atoms with Crippen LogP contribution < -0.4 is 10.1 Å².